The van der Waals surface area contributed by atoms with Crippen molar-refractivity contribution in [1.29, 1.82) is 0 Å². The minimum atomic E-state index is -0.0524. The quantitative estimate of drug-likeness (QED) is 0.335. The summed E-state index contributed by atoms with van der Waals surface area (Å²) in [5.74, 6) is 1.44. The Bertz CT molecular complexity index is 1210. The molecule has 3 N–H and O–H groups in total. The maximum absolute atomic E-state index is 12.4. The first-order valence-corrected chi connectivity index (χ1v) is 10.8. The molecule has 0 fully saturated rings. The lowest BCUT2D eigenvalue weighted by molar-refractivity contribution is -0.121. The van der Waals surface area contributed by atoms with Gasteiger partial charge in [-0.1, -0.05) is 24.3 Å². The summed E-state index contributed by atoms with van der Waals surface area (Å²) in [6, 6.07) is 17.6. The molecule has 32 heavy (non-hydrogen) atoms. The molecule has 4 aromatic rings. The number of H-pyrrole nitrogens is 2. The van der Waals surface area contributed by atoms with Crippen LogP contribution in [0.5, 0.6) is 5.75 Å². The van der Waals surface area contributed by atoms with Crippen LogP contribution in [0.2, 0.25) is 0 Å². The SMILES string of the molecule is CCOc1ccc(-c2n[nH]c(=S)n2CCC(=O)NCc2ccc(-c3ccn[nH]3)cc2)cc1. The van der Waals surface area contributed by atoms with Crippen molar-refractivity contribution in [3.05, 3.63) is 71.1 Å². The molecule has 0 saturated heterocycles. The normalized spacial score (nSPS) is 10.8. The van der Waals surface area contributed by atoms with E-state index in [1.54, 1.807) is 6.20 Å². The van der Waals surface area contributed by atoms with Gasteiger partial charge in [0.1, 0.15) is 5.75 Å². The van der Waals surface area contributed by atoms with Crippen LogP contribution in [0.1, 0.15) is 18.9 Å². The molecule has 2 aromatic carbocycles. The highest BCUT2D eigenvalue weighted by Crippen LogP contribution is 2.21. The summed E-state index contributed by atoms with van der Waals surface area (Å²) >= 11 is 5.36. The maximum atomic E-state index is 12.4. The predicted molar refractivity (Wildman–Crippen MR) is 125 cm³/mol. The van der Waals surface area contributed by atoms with Gasteiger partial charge in [-0.3, -0.25) is 19.6 Å². The molecule has 0 aliphatic rings. The lowest BCUT2D eigenvalue weighted by Crippen LogP contribution is -2.24. The summed E-state index contributed by atoms with van der Waals surface area (Å²) in [7, 11) is 0. The van der Waals surface area contributed by atoms with Gasteiger partial charge in [0.2, 0.25) is 5.91 Å². The van der Waals surface area contributed by atoms with Crippen molar-refractivity contribution in [3.8, 4) is 28.4 Å². The van der Waals surface area contributed by atoms with Gasteiger partial charge in [-0.15, -0.1) is 0 Å². The molecule has 1 amide bonds. The number of nitrogens with one attached hydrogen (secondary N) is 3. The number of carbonyl (C=O) groups excluding carboxylic acids is 1. The fourth-order valence-electron chi connectivity index (χ4n) is 3.33. The first kappa shape index (κ1) is 21.5. The Morgan fingerprint density at radius 2 is 1.81 bits per heavy atom. The number of hydrogen-bond donors (Lipinski definition) is 3. The molecule has 0 aliphatic carbocycles. The second-order valence-corrected chi connectivity index (χ2v) is 7.54. The van der Waals surface area contributed by atoms with Crippen LogP contribution in [-0.2, 0) is 17.9 Å². The third-order valence-electron chi connectivity index (χ3n) is 5.00. The number of carbonyl (C=O) groups is 1. The molecule has 2 heterocycles. The van der Waals surface area contributed by atoms with Gasteiger partial charge in [0.15, 0.2) is 10.6 Å². The zero-order valence-electron chi connectivity index (χ0n) is 17.7. The van der Waals surface area contributed by atoms with E-state index in [0.717, 1.165) is 28.1 Å². The third kappa shape index (κ3) is 5.12. The largest absolute Gasteiger partial charge is 0.494 e. The van der Waals surface area contributed by atoms with Gasteiger partial charge in [-0.25, -0.2) is 0 Å². The second kappa shape index (κ2) is 10.1. The van der Waals surface area contributed by atoms with Gasteiger partial charge >= 0.3 is 0 Å². The van der Waals surface area contributed by atoms with E-state index in [9.17, 15) is 4.79 Å². The van der Waals surface area contributed by atoms with Gasteiger partial charge in [0.05, 0.1) is 12.3 Å². The van der Waals surface area contributed by atoms with Gasteiger partial charge in [-0.05, 0) is 60.6 Å². The van der Waals surface area contributed by atoms with E-state index in [1.165, 1.54) is 0 Å². The highest BCUT2D eigenvalue weighted by atomic mass is 32.1. The number of aromatic amines is 2. The van der Waals surface area contributed by atoms with Crippen molar-refractivity contribution in [2.75, 3.05) is 6.61 Å². The first-order valence-electron chi connectivity index (χ1n) is 10.4. The molecule has 4 rings (SSSR count). The van der Waals surface area contributed by atoms with Crippen molar-refractivity contribution in [2.24, 2.45) is 0 Å². The zero-order chi connectivity index (χ0) is 22.3. The van der Waals surface area contributed by atoms with Crippen molar-refractivity contribution in [2.45, 2.75) is 26.4 Å². The molecule has 0 saturated carbocycles. The molecule has 9 heteroatoms. The zero-order valence-corrected chi connectivity index (χ0v) is 18.5. The van der Waals surface area contributed by atoms with Gasteiger partial charge in [0.25, 0.3) is 0 Å². The monoisotopic (exact) mass is 448 g/mol. The molecule has 2 aromatic heterocycles. The van der Waals surface area contributed by atoms with E-state index in [2.05, 4.69) is 25.7 Å². The molecular formula is C23H24N6O2S. The van der Waals surface area contributed by atoms with E-state index in [4.69, 9.17) is 17.0 Å². The molecular weight excluding hydrogens is 424 g/mol. The van der Waals surface area contributed by atoms with Gasteiger partial charge < -0.3 is 10.1 Å². The molecule has 8 nitrogen and oxygen atoms in total. The lowest BCUT2D eigenvalue weighted by Gasteiger charge is -2.09. The molecule has 0 unspecified atom stereocenters. The Morgan fingerprint density at radius 3 is 2.50 bits per heavy atom. The standard InChI is InChI=1S/C23H24N6O2S/c1-2-31-19-9-7-18(8-10-19)22-27-28-23(32)29(22)14-12-21(30)24-15-16-3-5-17(6-4-16)20-11-13-25-26-20/h3-11,13H,2,12,14-15H2,1H3,(H,24,30)(H,25,26)(H,28,32). The smallest absolute Gasteiger partial charge is 0.222 e. The Kier molecular flexibility index (Phi) is 6.76. The summed E-state index contributed by atoms with van der Waals surface area (Å²) < 4.78 is 7.81. The van der Waals surface area contributed by atoms with Crippen molar-refractivity contribution in [3.63, 3.8) is 0 Å². The number of amides is 1. The van der Waals surface area contributed by atoms with Crippen LogP contribution >= 0.6 is 12.2 Å². The number of benzene rings is 2. The molecule has 164 valence electrons. The third-order valence-corrected chi connectivity index (χ3v) is 5.31. The van der Waals surface area contributed by atoms with Crippen LogP contribution in [0, 0.1) is 4.77 Å². The van der Waals surface area contributed by atoms with Crippen LogP contribution in [0.15, 0.2) is 60.8 Å². The van der Waals surface area contributed by atoms with E-state index in [0.29, 0.717) is 36.7 Å². The van der Waals surface area contributed by atoms with Crippen molar-refractivity contribution in [1.82, 2.24) is 30.3 Å². The van der Waals surface area contributed by atoms with E-state index >= 15 is 0 Å². The molecule has 0 atom stereocenters. The number of nitrogens with zero attached hydrogens (tertiary/aromatic N) is 3. The minimum Gasteiger partial charge on any atom is -0.494 e. The highest BCUT2D eigenvalue weighted by molar-refractivity contribution is 7.71. The Balaban J connectivity index is 1.33. The molecule has 0 spiro atoms. The molecule has 0 bridgehead atoms. The summed E-state index contributed by atoms with van der Waals surface area (Å²) in [5.41, 5.74) is 3.93. The number of rotatable bonds is 9. The van der Waals surface area contributed by atoms with Crippen molar-refractivity contribution < 1.29 is 9.53 Å². The fraction of sp³-hybridized carbons (Fsp3) is 0.217. The predicted octanol–water partition coefficient (Wildman–Crippen LogP) is 4.10. The van der Waals surface area contributed by atoms with E-state index < -0.39 is 0 Å². The Morgan fingerprint density at radius 1 is 1.06 bits per heavy atom. The van der Waals surface area contributed by atoms with E-state index in [1.807, 2.05) is 66.1 Å². The average molecular weight is 449 g/mol. The van der Waals surface area contributed by atoms with Crippen LogP contribution < -0.4 is 10.1 Å². The average Bonchev–Trinajstić information content (AvgIpc) is 3.48. The molecule has 0 aliphatic heterocycles. The highest BCUT2D eigenvalue weighted by Gasteiger charge is 2.11. The number of hydrogen-bond acceptors (Lipinski definition) is 5. The van der Waals surface area contributed by atoms with Crippen LogP contribution in [0.4, 0.5) is 0 Å². The minimum absolute atomic E-state index is 0.0524. The van der Waals surface area contributed by atoms with Crippen LogP contribution in [-0.4, -0.2) is 37.5 Å². The van der Waals surface area contributed by atoms with Gasteiger partial charge in [-0.2, -0.15) is 10.2 Å². The summed E-state index contributed by atoms with van der Waals surface area (Å²) in [6.45, 7) is 3.45. The lowest BCUT2D eigenvalue weighted by atomic mass is 10.1. The first-order chi connectivity index (χ1) is 15.6. The topological polar surface area (TPSA) is 101 Å². The Hall–Kier alpha value is -3.72. The van der Waals surface area contributed by atoms with Crippen LogP contribution in [0.3, 0.4) is 0 Å². The molecule has 0 radical (unpaired) electrons. The second-order valence-electron chi connectivity index (χ2n) is 7.16. The Labute approximate surface area is 190 Å². The summed E-state index contributed by atoms with van der Waals surface area (Å²) in [6.07, 6.45) is 2.02. The maximum Gasteiger partial charge on any atom is 0.222 e. The summed E-state index contributed by atoms with van der Waals surface area (Å²) in [4.78, 5) is 12.4. The van der Waals surface area contributed by atoms with Crippen LogP contribution in [0.25, 0.3) is 22.6 Å². The fourth-order valence-corrected chi connectivity index (χ4v) is 3.56. The number of ether oxygens (including phenoxy) is 1. The van der Waals surface area contributed by atoms with Gasteiger partial charge in [0, 0.05) is 31.3 Å². The summed E-state index contributed by atoms with van der Waals surface area (Å²) in [5, 5.41) is 17.0. The van der Waals surface area contributed by atoms with Crippen molar-refractivity contribution >= 4 is 18.1 Å². The number of aromatic nitrogens is 5. The van der Waals surface area contributed by atoms with E-state index in [-0.39, 0.29) is 5.91 Å².